The van der Waals surface area contributed by atoms with E-state index in [0.29, 0.717) is 5.96 Å². The summed E-state index contributed by atoms with van der Waals surface area (Å²) in [6, 6.07) is 10.3. The highest BCUT2D eigenvalue weighted by Crippen LogP contribution is 2.09. The lowest BCUT2D eigenvalue weighted by Crippen LogP contribution is -2.51. The Kier molecular flexibility index (Phi) is 3.47. The number of nitrogens with zero attached hydrogens (tertiary/aromatic N) is 3. The first-order valence-corrected chi connectivity index (χ1v) is 6.67. The van der Waals surface area contributed by atoms with E-state index in [2.05, 4.69) is 27.3 Å². The van der Waals surface area contributed by atoms with Gasteiger partial charge in [-0.2, -0.15) is 4.99 Å². The van der Waals surface area contributed by atoms with Gasteiger partial charge in [0.25, 0.3) is 0 Å². The van der Waals surface area contributed by atoms with E-state index in [1.54, 1.807) is 0 Å². The molecule has 6 nitrogen and oxygen atoms in total. The van der Waals surface area contributed by atoms with Crippen molar-refractivity contribution in [2.45, 2.75) is 6.54 Å². The lowest BCUT2D eigenvalue weighted by molar-refractivity contribution is -0.135. The van der Waals surface area contributed by atoms with Crippen molar-refractivity contribution < 1.29 is 9.59 Å². The Morgan fingerprint density at radius 1 is 1.05 bits per heavy atom. The Hall–Kier alpha value is -2.21. The van der Waals surface area contributed by atoms with Gasteiger partial charge in [-0.15, -0.1) is 0 Å². The molecule has 0 atom stereocenters. The fourth-order valence-corrected chi connectivity index (χ4v) is 2.44. The molecule has 1 N–H and O–H groups in total. The van der Waals surface area contributed by atoms with Gasteiger partial charge in [0.2, 0.25) is 5.96 Å². The average molecular weight is 272 g/mol. The fraction of sp³-hybridized carbons (Fsp3) is 0.357. The average Bonchev–Trinajstić information content (AvgIpc) is 2.81. The molecule has 0 unspecified atom stereocenters. The fourth-order valence-electron chi connectivity index (χ4n) is 2.44. The zero-order valence-corrected chi connectivity index (χ0v) is 11.1. The number of amides is 2. The molecule has 1 aromatic carbocycles. The summed E-state index contributed by atoms with van der Waals surface area (Å²) in [4.78, 5) is 30.2. The van der Waals surface area contributed by atoms with Crippen molar-refractivity contribution in [3.8, 4) is 0 Å². The molecule has 2 aliphatic rings. The molecule has 6 heteroatoms. The molecule has 104 valence electrons. The van der Waals surface area contributed by atoms with Crippen LogP contribution in [0.4, 0.5) is 0 Å². The molecule has 0 aliphatic carbocycles. The van der Waals surface area contributed by atoms with Gasteiger partial charge in [-0.1, -0.05) is 30.3 Å². The minimum absolute atomic E-state index is 0.402. The van der Waals surface area contributed by atoms with Gasteiger partial charge in [0.1, 0.15) is 0 Å². The van der Waals surface area contributed by atoms with Gasteiger partial charge in [0.05, 0.1) is 0 Å². The maximum absolute atomic E-state index is 11.1. The van der Waals surface area contributed by atoms with Crippen LogP contribution in [0.1, 0.15) is 5.56 Å². The van der Waals surface area contributed by atoms with Gasteiger partial charge >= 0.3 is 11.8 Å². The monoisotopic (exact) mass is 272 g/mol. The van der Waals surface area contributed by atoms with Crippen LogP contribution in [0.3, 0.4) is 0 Å². The van der Waals surface area contributed by atoms with E-state index in [0.717, 1.165) is 32.7 Å². The molecule has 1 fully saturated rings. The number of carbonyl (C=O) groups excluding carboxylic acids is 2. The van der Waals surface area contributed by atoms with Gasteiger partial charge in [-0.3, -0.25) is 19.8 Å². The number of guanidine groups is 1. The molecule has 2 heterocycles. The smallest absolute Gasteiger partial charge is 0.338 e. The Morgan fingerprint density at radius 2 is 1.75 bits per heavy atom. The van der Waals surface area contributed by atoms with Crippen LogP contribution in [-0.4, -0.2) is 53.8 Å². The topological polar surface area (TPSA) is 65.0 Å². The molecule has 0 aromatic heterocycles. The van der Waals surface area contributed by atoms with Gasteiger partial charge in [0, 0.05) is 32.7 Å². The van der Waals surface area contributed by atoms with Crippen molar-refractivity contribution in [2.24, 2.45) is 4.99 Å². The van der Waals surface area contributed by atoms with Crippen LogP contribution in [-0.2, 0) is 16.1 Å². The lowest BCUT2D eigenvalue weighted by Gasteiger charge is -2.35. The van der Waals surface area contributed by atoms with Crippen molar-refractivity contribution in [3.63, 3.8) is 0 Å². The van der Waals surface area contributed by atoms with Crippen LogP contribution in [0, 0.1) is 0 Å². The second kappa shape index (κ2) is 5.42. The van der Waals surface area contributed by atoms with Crippen LogP contribution >= 0.6 is 0 Å². The van der Waals surface area contributed by atoms with Crippen molar-refractivity contribution in [1.82, 2.24) is 15.1 Å². The summed E-state index contributed by atoms with van der Waals surface area (Å²) in [5, 5.41) is 2.51. The highest BCUT2D eigenvalue weighted by Gasteiger charge is 2.29. The number of hydrogen-bond acceptors (Lipinski definition) is 4. The lowest BCUT2D eigenvalue weighted by atomic mass is 10.2. The largest absolute Gasteiger partial charge is 0.340 e. The Labute approximate surface area is 117 Å². The van der Waals surface area contributed by atoms with Gasteiger partial charge in [-0.25, -0.2) is 0 Å². The van der Waals surface area contributed by atoms with Gasteiger partial charge in [-0.05, 0) is 5.56 Å². The molecular weight excluding hydrogens is 256 g/mol. The minimum Gasteiger partial charge on any atom is -0.340 e. The van der Waals surface area contributed by atoms with Crippen LogP contribution in [0.5, 0.6) is 0 Å². The SMILES string of the molecule is O=C1N=C(N2CCN(Cc3ccccc3)CC2)NC1=O. The second-order valence-corrected chi connectivity index (χ2v) is 4.94. The predicted molar refractivity (Wildman–Crippen MR) is 73.9 cm³/mol. The van der Waals surface area contributed by atoms with Crippen LogP contribution in [0.25, 0.3) is 0 Å². The number of hydrogen-bond donors (Lipinski definition) is 1. The molecule has 0 radical (unpaired) electrons. The summed E-state index contributed by atoms with van der Waals surface area (Å²) >= 11 is 0. The van der Waals surface area contributed by atoms with Crippen molar-refractivity contribution >= 4 is 17.8 Å². The van der Waals surface area contributed by atoms with Gasteiger partial charge in [0.15, 0.2) is 0 Å². The van der Waals surface area contributed by atoms with E-state index in [4.69, 9.17) is 0 Å². The molecule has 3 rings (SSSR count). The molecule has 2 aliphatic heterocycles. The van der Waals surface area contributed by atoms with Crippen molar-refractivity contribution in [1.29, 1.82) is 0 Å². The Morgan fingerprint density at radius 3 is 2.35 bits per heavy atom. The van der Waals surface area contributed by atoms with E-state index < -0.39 is 11.8 Å². The number of nitrogens with one attached hydrogen (secondary N) is 1. The Balaban J connectivity index is 1.54. The molecule has 1 aromatic rings. The van der Waals surface area contributed by atoms with Gasteiger partial charge < -0.3 is 4.90 Å². The minimum atomic E-state index is -0.702. The second-order valence-electron chi connectivity index (χ2n) is 4.94. The number of rotatable bonds is 2. The van der Waals surface area contributed by atoms with Crippen LogP contribution in [0.2, 0.25) is 0 Å². The van der Waals surface area contributed by atoms with E-state index in [-0.39, 0.29) is 0 Å². The normalized spacial score (nSPS) is 20.0. The van der Waals surface area contributed by atoms with Crippen LogP contribution < -0.4 is 5.32 Å². The van der Waals surface area contributed by atoms with Crippen LogP contribution in [0.15, 0.2) is 35.3 Å². The zero-order valence-electron chi connectivity index (χ0n) is 11.1. The number of carbonyl (C=O) groups is 2. The first-order valence-electron chi connectivity index (χ1n) is 6.67. The molecule has 0 saturated carbocycles. The molecule has 0 spiro atoms. The molecule has 1 saturated heterocycles. The maximum Gasteiger partial charge on any atom is 0.338 e. The Bertz CT molecular complexity index is 548. The van der Waals surface area contributed by atoms with Crippen molar-refractivity contribution in [2.75, 3.05) is 26.2 Å². The quantitative estimate of drug-likeness (QED) is 0.758. The molecule has 2 amide bonds. The summed E-state index contributed by atoms with van der Waals surface area (Å²) in [5.74, 6) is -0.933. The molecule has 20 heavy (non-hydrogen) atoms. The summed E-state index contributed by atoms with van der Waals surface area (Å²) in [6.45, 7) is 4.22. The third-order valence-electron chi connectivity index (χ3n) is 3.55. The van der Waals surface area contributed by atoms with E-state index in [9.17, 15) is 9.59 Å². The summed E-state index contributed by atoms with van der Waals surface area (Å²) in [5.41, 5.74) is 1.29. The third kappa shape index (κ3) is 2.70. The number of aliphatic imine (C=N–C) groups is 1. The maximum atomic E-state index is 11.1. The zero-order chi connectivity index (χ0) is 13.9. The van der Waals surface area contributed by atoms with E-state index in [1.807, 2.05) is 23.1 Å². The first-order chi connectivity index (χ1) is 9.72. The highest BCUT2D eigenvalue weighted by molar-refractivity contribution is 6.43. The van der Waals surface area contributed by atoms with E-state index >= 15 is 0 Å². The highest BCUT2D eigenvalue weighted by atomic mass is 16.2. The third-order valence-corrected chi connectivity index (χ3v) is 3.55. The summed E-state index contributed by atoms with van der Waals surface area (Å²) in [7, 11) is 0. The summed E-state index contributed by atoms with van der Waals surface area (Å²) < 4.78 is 0. The molecular formula is C14H16N4O2. The number of benzene rings is 1. The van der Waals surface area contributed by atoms with Crippen molar-refractivity contribution in [3.05, 3.63) is 35.9 Å². The predicted octanol–water partition coefficient (Wildman–Crippen LogP) is -0.183. The number of piperazine rings is 1. The molecule has 0 bridgehead atoms. The summed E-state index contributed by atoms with van der Waals surface area (Å²) in [6.07, 6.45) is 0. The standard InChI is InChI=1S/C14H16N4O2/c19-12-13(20)16-14(15-12)18-8-6-17(7-9-18)10-11-4-2-1-3-5-11/h1-5H,6-10H2,(H,15,16,19,20). The first kappa shape index (κ1) is 12.8. The van der Waals surface area contributed by atoms with E-state index in [1.165, 1.54) is 5.56 Å².